The van der Waals surface area contributed by atoms with Gasteiger partial charge in [-0.25, -0.2) is 0 Å². The number of hydrogen-bond acceptors (Lipinski definition) is 2. The average molecular weight is 534 g/mol. The molecule has 2 aromatic carbocycles. The highest BCUT2D eigenvalue weighted by Gasteiger charge is 2.38. The molecule has 154 valence electrons. The molecule has 3 rings (SSSR count). The van der Waals surface area contributed by atoms with Crippen LogP contribution >= 0.6 is 31.9 Å². The molecule has 2 unspecified atom stereocenters. The molecule has 1 aliphatic rings. The van der Waals surface area contributed by atoms with Crippen LogP contribution in [0.3, 0.4) is 0 Å². The fourth-order valence-corrected chi connectivity index (χ4v) is 4.63. The molecule has 0 aromatic heterocycles. The highest BCUT2D eigenvalue weighted by molar-refractivity contribution is 9.12. The number of anilines is 1. The Labute approximate surface area is 182 Å². The summed E-state index contributed by atoms with van der Waals surface area (Å²) < 4.78 is 37.1. The summed E-state index contributed by atoms with van der Waals surface area (Å²) in [6.45, 7) is -0.114. The van der Waals surface area contributed by atoms with Crippen molar-refractivity contribution in [3.05, 3.63) is 65.2 Å². The maximum absolute atomic E-state index is 12.9. The van der Waals surface area contributed by atoms with Gasteiger partial charge in [-0.05, 0) is 22.8 Å². The molecular weight excluding hydrogens is 517 g/mol. The minimum atomic E-state index is -4.97. The fourth-order valence-electron chi connectivity index (χ4n) is 3.23. The summed E-state index contributed by atoms with van der Waals surface area (Å²) in [6, 6.07) is 15.1. The Kier molecular flexibility index (Phi) is 6.68. The second-order valence-electron chi connectivity index (χ2n) is 6.54. The van der Waals surface area contributed by atoms with Gasteiger partial charge in [-0.15, -0.1) is 0 Å². The van der Waals surface area contributed by atoms with Crippen LogP contribution in [0.5, 0.6) is 0 Å². The highest BCUT2D eigenvalue weighted by Crippen LogP contribution is 2.48. The van der Waals surface area contributed by atoms with E-state index in [-0.39, 0.29) is 28.5 Å². The van der Waals surface area contributed by atoms with E-state index in [4.69, 9.17) is 0 Å². The second-order valence-corrected chi connectivity index (χ2v) is 8.52. The number of fused-ring (bicyclic) bond motifs is 2. The number of hydrogen-bond donors (Lipinski definition) is 1. The van der Waals surface area contributed by atoms with Gasteiger partial charge in [-0.1, -0.05) is 74.3 Å². The molecule has 0 spiro atoms. The first-order valence-electron chi connectivity index (χ1n) is 8.80. The van der Waals surface area contributed by atoms with Gasteiger partial charge in [-0.2, -0.15) is 13.2 Å². The van der Waals surface area contributed by atoms with Crippen molar-refractivity contribution in [3.8, 4) is 0 Å². The Hall–Kier alpha value is -1.87. The van der Waals surface area contributed by atoms with E-state index in [2.05, 4.69) is 31.9 Å². The van der Waals surface area contributed by atoms with Gasteiger partial charge >= 0.3 is 12.1 Å². The van der Waals surface area contributed by atoms with Gasteiger partial charge in [0.15, 0.2) is 0 Å². The summed E-state index contributed by atoms with van der Waals surface area (Å²) in [5.41, 5.74) is 3.52. The highest BCUT2D eigenvalue weighted by atomic mass is 79.9. The third-order valence-corrected chi connectivity index (χ3v) is 7.40. The lowest BCUT2D eigenvalue weighted by Crippen LogP contribution is -2.40. The normalized spacial score (nSPS) is 18.9. The first-order valence-corrected chi connectivity index (χ1v) is 10.6. The average Bonchev–Trinajstić information content (AvgIpc) is 2.69. The number of alkyl halides is 5. The van der Waals surface area contributed by atoms with Crippen molar-refractivity contribution in [3.63, 3.8) is 0 Å². The van der Waals surface area contributed by atoms with Crippen LogP contribution in [0.15, 0.2) is 48.5 Å². The van der Waals surface area contributed by atoms with Crippen LogP contribution in [0, 0.1) is 0 Å². The molecule has 0 bridgehead atoms. The Morgan fingerprint density at radius 1 is 1.00 bits per heavy atom. The number of carbonyl (C=O) groups is 2. The van der Waals surface area contributed by atoms with Crippen molar-refractivity contribution in [1.29, 1.82) is 0 Å². The van der Waals surface area contributed by atoms with Crippen LogP contribution < -0.4 is 10.2 Å². The SMILES string of the molecule is O=C(CCNC(=O)C(F)(F)F)N1Cc2ccccc2C(Br)C(Br)c2ccccc21. The molecule has 2 aromatic rings. The smallest absolute Gasteiger partial charge is 0.348 e. The zero-order chi connectivity index (χ0) is 21.2. The molecule has 1 aliphatic heterocycles. The van der Waals surface area contributed by atoms with Gasteiger partial charge in [0.05, 0.1) is 16.2 Å². The molecule has 9 heteroatoms. The van der Waals surface area contributed by atoms with Crippen molar-refractivity contribution in [2.24, 2.45) is 0 Å². The first-order chi connectivity index (χ1) is 13.7. The summed E-state index contributed by atoms with van der Waals surface area (Å²) >= 11 is 7.45. The molecule has 0 fully saturated rings. The first kappa shape index (κ1) is 21.8. The van der Waals surface area contributed by atoms with Crippen LogP contribution in [0.25, 0.3) is 0 Å². The third kappa shape index (κ3) is 4.83. The number of halogens is 5. The van der Waals surface area contributed by atoms with Crippen LogP contribution in [-0.4, -0.2) is 24.5 Å². The van der Waals surface area contributed by atoms with E-state index in [1.54, 1.807) is 16.3 Å². The number of para-hydroxylation sites is 1. The summed E-state index contributed by atoms with van der Waals surface area (Å²) in [6.07, 6.45) is -5.22. The van der Waals surface area contributed by atoms with E-state index >= 15 is 0 Å². The van der Waals surface area contributed by atoms with Crippen LogP contribution in [-0.2, 0) is 16.1 Å². The molecular formula is C20H17Br2F3N2O2. The standard InChI is InChI=1S/C20H17Br2F3N2O2/c21-17-13-6-2-1-5-12(13)11-27(15-8-4-3-7-14(15)18(17)22)16(28)9-10-26-19(29)20(23,24)25/h1-8,17-18H,9-11H2,(H,26,29). The Bertz CT molecular complexity index is 921. The molecule has 2 amide bonds. The van der Waals surface area contributed by atoms with Gasteiger partial charge < -0.3 is 10.2 Å². The lowest BCUT2D eigenvalue weighted by molar-refractivity contribution is -0.173. The molecule has 4 nitrogen and oxygen atoms in total. The van der Waals surface area contributed by atoms with Crippen LogP contribution in [0.2, 0.25) is 0 Å². The number of nitrogens with one attached hydrogen (secondary N) is 1. The maximum atomic E-state index is 12.9. The van der Waals surface area contributed by atoms with Crippen LogP contribution in [0.1, 0.15) is 32.8 Å². The van der Waals surface area contributed by atoms with Crippen molar-refractivity contribution < 1.29 is 22.8 Å². The summed E-state index contributed by atoms with van der Waals surface area (Å²) in [7, 11) is 0. The maximum Gasteiger partial charge on any atom is 0.471 e. The van der Waals surface area contributed by atoms with Gasteiger partial charge in [0, 0.05) is 18.7 Å². The second kappa shape index (κ2) is 8.87. The van der Waals surface area contributed by atoms with Gasteiger partial charge in [0.25, 0.3) is 0 Å². The zero-order valence-electron chi connectivity index (χ0n) is 15.0. The predicted molar refractivity (Wildman–Crippen MR) is 111 cm³/mol. The summed E-state index contributed by atoms with van der Waals surface area (Å²) in [5.74, 6) is -2.42. The Morgan fingerprint density at radius 3 is 2.28 bits per heavy atom. The number of carbonyl (C=O) groups excluding carboxylic acids is 2. The van der Waals surface area contributed by atoms with E-state index in [9.17, 15) is 22.8 Å². The Morgan fingerprint density at radius 2 is 1.59 bits per heavy atom. The van der Waals surface area contributed by atoms with Crippen molar-refractivity contribution in [2.75, 3.05) is 11.4 Å². The van der Waals surface area contributed by atoms with Crippen LogP contribution in [0.4, 0.5) is 18.9 Å². The monoisotopic (exact) mass is 532 g/mol. The van der Waals surface area contributed by atoms with Crippen molar-refractivity contribution in [1.82, 2.24) is 5.32 Å². The zero-order valence-corrected chi connectivity index (χ0v) is 18.2. The quantitative estimate of drug-likeness (QED) is 0.553. The third-order valence-electron chi connectivity index (χ3n) is 4.65. The fraction of sp³-hybridized carbons (Fsp3) is 0.300. The van der Waals surface area contributed by atoms with Gasteiger partial charge in [-0.3, -0.25) is 9.59 Å². The largest absolute Gasteiger partial charge is 0.471 e. The minimum absolute atomic E-state index is 0.0248. The van der Waals surface area contributed by atoms with E-state index < -0.39 is 18.6 Å². The van der Waals surface area contributed by atoms with Gasteiger partial charge in [0.1, 0.15) is 0 Å². The van der Waals surface area contributed by atoms with E-state index in [0.29, 0.717) is 5.69 Å². The van der Waals surface area contributed by atoms with E-state index in [1.807, 2.05) is 42.5 Å². The topological polar surface area (TPSA) is 49.4 Å². The number of nitrogens with zero attached hydrogens (tertiary/aromatic N) is 1. The molecule has 0 saturated heterocycles. The van der Waals surface area contributed by atoms with Crippen molar-refractivity contribution >= 4 is 49.4 Å². The summed E-state index contributed by atoms with van der Waals surface area (Å²) in [5, 5.41) is 1.75. The predicted octanol–water partition coefficient (Wildman–Crippen LogP) is 5.17. The lowest BCUT2D eigenvalue weighted by atomic mass is 9.95. The minimum Gasteiger partial charge on any atom is -0.348 e. The van der Waals surface area contributed by atoms with E-state index in [1.165, 1.54) is 0 Å². The number of amides is 2. The molecule has 0 aliphatic carbocycles. The molecule has 2 atom stereocenters. The molecule has 0 saturated carbocycles. The molecule has 0 radical (unpaired) electrons. The number of benzene rings is 2. The molecule has 1 N–H and O–H groups in total. The van der Waals surface area contributed by atoms with Gasteiger partial charge in [0.2, 0.25) is 5.91 Å². The van der Waals surface area contributed by atoms with E-state index in [0.717, 1.165) is 16.7 Å². The Balaban J connectivity index is 1.88. The number of rotatable bonds is 3. The molecule has 29 heavy (non-hydrogen) atoms. The summed E-state index contributed by atoms with van der Waals surface area (Å²) in [4.78, 5) is 25.3. The lowest BCUT2D eigenvalue weighted by Gasteiger charge is -2.33. The van der Waals surface area contributed by atoms with Crippen molar-refractivity contribution in [2.45, 2.75) is 28.8 Å². The molecule has 1 heterocycles.